The molecule has 0 amide bonds. The molecule has 2 aliphatic heterocycles. The summed E-state index contributed by atoms with van der Waals surface area (Å²) >= 11 is 0. The van der Waals surface area contributed by atoms with Crippen molar-refractivity contribution < 1.29 is 4.42 Å². The van der Waals surface area contributed by atoms with Gasteiger partial charge in [-0.25, -0.2) is 4.98 Å². The number of aromatic nitrogens is 1. The van der Waals surface area contributed by atoms with Crippen LogP contribution in [0.4, 0.5) is 0 Å². The Morgan fingerprint density at radius 2 is 1.65 bits per heavy atom. The molecule has 4 heterocycles. The zero-order valence-corrected chi connectivity index (χ0v) is 23.0. The first-order chi connectivity index (χ1) is 19.7. The molecule has 4 aromatic rings. The lowest BCUT2D eigenvalue weighted by Crippen LogP contribution is -2.29. The molecule has 2 aromatic heterocycles. The van der Waals surface area contributed by atoms with E-state index < -0.39 is 0 Å². The number of fused-ring (bicyclic) bond motifs is 8. The molecule has 0 N–H and O–H groups in total. The molecule has 2 aromatic carbocycles. The lowest BCUT2D eigenvalue weighted by Gasteiger charge is -2.33. The third-order valence-corrected chi connectivity index (χ3v) is 9.17. The Hall–Kier alpha value is -4.05. The Bertz CT molecular complexity index is 1730. The maximum atomic E-state index is 6.61. The Morgan fingerprint density at radius 1 is 0.850 bits per heavy atom. The minimum atomic E-state index is -0.0309. The summed E-state index contributed by atoms with van der Waals surface area (Å²) in [5.74, 6) is 0.762. The lowest BCUT2D eigenvalue weighted by molar-refractivity contribution is 0.436. The number of allylic oxidation sites excluding steroid dienone is 2. The molecule has 40 heavy (non-hydrogen) atoms. The van der Waals surface area contributed by atoms with E-state index in [1.165, 1.54) is 48.8 Å². The number of aliphatic imine (C=N–C) groups is 2. The van der Waals surface area contributed by atoms with Crippen LogP contribution < -0.4 is 0 Å². The van der Waals surface area contributed by atoms with Crippen LogP contribution in [0, 0.1) is 0 Å². The van der Waals surface area contributed by atoms with Crippen LogP contribution in [0.2, 0.25) is 0 Å². The van der Waals surface area contributed by atoms with Crippen molar-refractivity contribution in [1.29, 1.82) is 0 Å². The largest absolute Gasteiger partial charge is 0.437 e. The average Bonchev–Trinajstić information content (AvgIpc) is 3.38. The summed E-state index contributed by atoms with van der Waals surface area (Å²) in [5, 5.41) is 2.15. The van der Waals surface area contributed by atoms with Crippen LogP contribution in [0.5, 0.6) is 0 Å². The second-order valence-corrected chi connectivity index (χ2v) is 11.5. The molecule has 4 heteroatoms. The fraction of sp³-hybridized carbons (Fsp3) is 0.306. The molecule has 1 aliphatic carbocycles. The fourth-order valence-corrected chi connectivity index (χ4v) is 7.11. The first-order valence-corrected chi connectivity index (χ1v) is 14.7. The van der Waals surface area contributed by atoms with Gasteiger partial charge in [-0.05, 0) is 66.7 Å². The van der Waals surface area contributed by atoms with Gasteiger partial charge < -0.3 is 4.42 Å². The molecule has 4 nitrogen and oxygen atoms in total. The van der Waals surface area contributed by atoms with Gasteiger partial charge in [0.05, 0.1) is 24.0 Å². The number of rotatable bonds is 3. The third-order valence-electron chi connectivity index (χ3n) is 9.17. The second kappa shape index (κ2) is 10.2. The van der Waals surface area contributed by atoms with Gasteiger partial charge in [-0.1, -0.05) is 75.4 Å². The number of aryl methyl sites for hydroxylation is 1. The molecular formula is C36H35N3O. The van der Waals surface area contributed by atoms with Gasteiger partial charge >= 0.3 is 0 Å². The van der Waals surface area contributed by atoms with E-state index >= 15 is 0 Å². The van der Waals surface area contributed by atoms with Crippen molar-refractivity contribution in [3.05, 3.63) is 114 Å². The smallest absolute Gasteiger partial charge is 0.227 e. The summed E-state index contributed by atoms with van der Waals surface area (Å²) in [6.45, 7) is 13.1. The zero-order valence-electron chi connectivity index (χ0n) is 23.0. The minimum absolute atomic E-state index is 0.0309. The van der Waals surface area contributed by atoms with E-state index in [2.05, 4.69) is 68.3 Å². The standard InChI is InChI=1S/C36H35N3O/c1-4-30-26-14-10-9-13-25(26)27-17-15-24-16-18-28-29-19-20-32(23-11-7-6-8-12-23)39-36(29)40-35(28)33(24)31(5-2)37-21-22(3)34(27)38-30/h4-5,9-10,13-14,16,18-20,23,27,34H,1-3,6-8,11-12,15,17,21H2. The Labute approximate surface area is 236 Å². The van der Waals surface area contributed by atoms with Gasteiger partial charge in [0.1, 0.15) is 5.58 Å². The van der Waals surface area contributed by atoms with Gasteiger partial charge in [0.2, 0.25) is 5.71 Å². The molecule has 3 aliphatic rings. The quantitative estimate of drug-likeness (QED) is 0.251. The summed E-state index contributed by atoms with van der Waals surface area (Å²) in [5.41, 5.74) is 10.3. The summed E-state index contributed by atoms with van der Waals surface area (Å²) in [7, 11) is 0. The molecule has 1 saturated carbocycles. The van der Waals surface area contributed by atoms with Crippen LogP contribution in [-0.4, -0.2) is 29.0 Å². The molecular weight excluding hydrogens is 490 g/mol. The Kier molecular flexibility index (Phi) is 6.34. The van der Waals surface area contributed by atoms with Crippen molar-refractivity contribution in [1.82, 2.24) is 4.98 Å². The normalized spacial score (nSPS) is 21.6. The molecule has 7 rings (SSSR count). The highest BCUT2D eigenvalue weighted by Gasteiger charge is 2.33. The van der Waals surface area contributed by atoms with Crippen molar-refractivity contribution in [2.75, 3.05) is 6.54 Å². The summed E-state index contributed by atoms with van der Waals surface area (Å²) in [6.07, 6.45) is 11.9. The molecule has 2 unspecified atom stereocenters. The number of hydrogen-bond donors (Lipinski definition) is 0. The summed E-state index contributed by atoms with van der Waals surface area (Å²) in [4.78, 5) is 15.2. The number of pyridine rings is 1. The predicted octanol–water partition coefficient (Wildman–Crippen LogP) is 8.65. The van der Waals surface area contributed by atoms with Crippen molar-refractivity contribution in [2.24, 2.45) is 9.98 Å². The van der Waals surface area contributed by atoms with Crippen molar-refractivity contribution >= 4 is 33.5 Å². The number of hydrogen-bond acceptors (Lipinski definition) is 4. The van der Waals surface area contributed by atoms with Crippen LogP contribution >= 0.6 is 0 Å². The second-order valence-electron chi connectivity index (χ2n) is 11.5. The van der Waals surface area contributed by atoms with Gasteiger partial charge in [-0.15, -0.1) is 0 Å². The SMILES string of the molecule is C=CC1=NC2C(=C)CN=C(C=C)c3c(ccc4c3oc3nc(C5CCCCC5)ccc34)CCC2c2ccccc21. The molecule has 1 fully saturated rings. The molecule has 0 bridgehead atoms. The van der Waals surface area contributed by atoms with Crippen LogP contribution in [0.1, 0.15) is 78.3 Å². The van der Waals surface area contributed by atoms with E-state index in [9.17, 15) is 0 Å². The van der Waals surface area contributed by atoms with E-state index in [0.717, 1.165) is 63.2 Å². The van der Waals surface area contributed by atoms with E-state index in [-0.39, 0.29) is 12.0 Å². The van der Waals surface area contributed by atoms with Gasteiger partial charge in [-0.3, -0.25) is 9.98 Å². The lowest BCUT2D eigenvalue weighted by atomic mass is 9.77. The van der Waals surface area contributed by atoms with Gasteiger partial charge in [0, 0.05) is 39.4 Å². The number of nitrogens with zero attached hydrogens (tertiary/aromatic N) is 3. The van der Waals surface area contributed by atoms with Crippen molar-refractivity contribution in [3.8, 4) is 0 Å². The zero-order chi connectivity index (χ0) is 27.2. The predicted molar refractivity (Wildman–Crippen MR) is 166 cm³/mol. The summed E-state index contributed by atoms with van der Waals surface area (Å²) in [6, 6.07) is 17.4. The average molecular weight is 526 g/mol. The minimum Gasteiger partial charge on any atom is -0.437 e. The topological polar surface area (TPSA) is 50.8 Å². The van der Waals surface area contributed by atoms with Gasteiger partial charge in [0.25, 0.3) is 0 Å². The number of furan rings is 1. The monoisotopic (exact) mass is 525 g/mol. The first-order valence-electron chi connectivity index (χ1n) is 14.7. The van der Waals surface area contributed by atoms with E-state index in [0.29, 0.717) is 12.5 Å². The van der Waals surface area contributed by atoms with Crippen LogP contribution in [0.25, 0.3) is 22.1 Å². The fourth-order valence-electron chi connectivity index (χ4n) is 7.11. The highest BCUT2D eigenvalue weighted by molar-refractivity contribution is 6.19. The molecule has 2 atom stereocenters. The molecule has 0 spiro atoms. The molecule has 0 radical (unpaired) electrons. The van der Waals surface area contributed by atoms with Crippen LogP contribution in [0.3, 0.4) is 0 Å². The van der Waals surface area contributed by atoms with E-state index in [1.807, 2.05) is 12.2 Å². The molecule has 200 valence electrons. The van der Waals surface area contributed by atoms with Crippen molar-refractivity contribution in [3.63, 3.8) is 0 Å². The Morgan fingerprint density at radius 3 is 2.48 bits per heavy atom. The Balaban J connectivity index is 1.35. The highest BCUT2D eigenvalue weighted by atomic mass is 16.3. The number of benzene rings is 2. The van der Waals surface area contributed by atoms with E-state index in [4.69, 9.17) is 19.4 Å². The first kappa shape index (κ1) is 25.0. The maximum Gasteiger partial charge on any atom is 0.227 e. The van der Waals surface area contributed by atoms with Crippen molar-refractivity contribution in [2.45, 2.75) is 62.8 Å². The van der Waals surface area contributed by atoms with Gasteiger partial charge in [-0.2, -0.15) is 0 Å². The third kappa shape index (κ3) is 4.09. The van der Waals surface area contributed by atoms with Crippen LogP contribution in [-0.2, 0) is 6.42 Å². The van der Waals surface area contributed by atoms with E-state index in [1.54, 1.807) is 0 Å². The highest BCUT2D eigenvalue weighted by Crippen LogP contribution is 2.40. The molecule has 0 saturated heterocycles. The van der Waals surface area contributed by atoms with Crippen LogP contribution in [0.15, 0.2) is 100 Å². The summed E-state index contributed by atoms with van der Waals surface area (Å²) < 4.78 is 6.61. The maximum absolute atomic E-state index is 6.61. The van der Waals surface area contributed by atoms with Gasteiger partial charge in [0.15, 0.2) is 0 Å².